The number of ether oxygens (including phenoxy) is 1. The van der Waals surface area contributed by atoms with Crippen LogP contribution in [-0.2, 0) is 20.8 Å². The van der Waals surface area contributed by atoms with Gasteiger partial charge in [0, 0.05) is 13.8 Å². The highest BCUT2D eigenvalue weighted by atomic mass is 32.1. The summed E-state index contributed by atoms with van der Waals surface area (Å²) in [5.74, 6) is -0.453. The summed E-state index contributed by atoms with van der Waals surface area (Å²) in [6.45, 7) is 2.69. The van der Waals surface area contributed by atoms with E-state index >= 15 is 0 Å². The summed E-state index contributed by atoms with van der Waals surface area (Å²) < 4.78 is 14.1. The van der Waals surface area contributed by atoms with Crippen molar-refractivity contribution in [2.24, 2.45) is 0 Å². The first-order valence-electron chi connectivity index (χ1n) is 1.98. The molecular weight excluding hydrogens is 128 g/mol. The van der Waals surface area contributed by atoms with E-state index in [1.54, 1.807) is 0 Å². The fourth-order valence-corrected chi connectivity index (χ4v) is 0.371. The molecule has 0 unspecified atom stereocenters. The summed E-state index contributed by atoms with van der Waals surface area (Å²) >= 11 is 0.177. The molecule has 0 saturated heterocycles. The lowest BCUT2D eigenvalue weighted by molar-refractivity contribution is -0.132. The zero-order valence-corrected chi connectivity index (χ0v) is 5.45. The van der Waals surface area contributed by atoms with Crippen molar-refractivity contribution in [1.29, 1.82) is 0 Å². The summed E-state index contributed by atoms with van der Waals surface area (Å²) in [4.78, 5) is 10.0. The maximum Gasteiger partial charge on any atom is 0.308 e. The number of carbonyl (C=O) groups excluding carboxylic acids is 1. The van der Waals surface area contributed by atoms with Gasteiger partial charge in [-0.1, -0.05) is 0 Å². The van der Waals surface area contributed by atoms with E-state index in [9.17, 15) is 9.00 Å². The number of hydrogen-bond donors (Lipinski definition) is 0. The van der Waals surface area contributed by atoms with Crippen LogP contribution in [0.2, 0.25) is 0 Å². The highest BCUT2D eigenvalue weighted by molar-refractivity contribution is 7.66. The SMILES string of the molecule is CC(=O)OC(C)=S=O. The van der Waals surface area contributed by atoms with Crippen molar-refractivity contribution >= 4 is 22.3 Å². The second-order valence-corrected chi connectivity index (χ2v) is 1.91. The van der Waals surface area contributed by atoms with Crippen LogP contribution >= 0.6 is 0 Å². The highest BCUT2D eigenvalue weighted by Gasteiger charge is 1.92. The zero-order valence-electron chi connectivity index (χ0n) is 4.63. The van der Waals surface area contributed by atoms with E-state index in [1.807, 2.05) is 0 Å². The summed E-state index contributed by atoms with van der Waals surface area (Å²) in [6.07, 6.45) is 0. The van der Waals surface area contributed by atoms with Gasteiger partial charge in [-0.3, -0.25) is 4.79 Å². The van der Waals surface area contributed by atoms with Gasteiger partial charge >= 0.3 is 5.97 Å². The van der Waals surface area contributed by atoms with Gasteiger partial charge in [0.25, 0.3) is 0 Å². The van der Waals surface area contributed by atoms with Crippen LogP contribution in [0.25, 0.3) is 0 Å². The molecular formula is C4H6O3S. The minimum atomic E-state index is -0.453. The molecule has 0 bridgehead atoms. The quantitative estimate of drug-likeness (QED) is 0.343. The van der Waals surface area contributed by atoms with Crippen LogP contribution in [0.5, 0.6) is 0 Å². The van der Waals surface area contributed by atoms with Crippen molar-refractivity contribution in [3.63, 3.8) is 0 Å². The monoisotopic (exact) mass is 134 g/mol. The van der Waals surface area contributed by atoms with E-state index in [-0.39, 0.29) is 16.3 Å². The van der Waals surface area contributed by atoms with E-state index < -0.39 is 5.97 Å². The smallest absolute Gasteiger partial charge is 0.308 e. The molecule has 0 atom stereocenters. The summed E-state index contributed by atoms with van der Waals surface area (Å²) in [5, 5.41) is 0.137. The molecule has 0 N–H and O–H groups in total. The maximum absolute atomic E-state index is 10.0. The van der Waals surface area contributed by atoms with Crippen LogP contribution < -0.4 is 0 Å². The molecule has 0 aliphatic rings. The first-order valence-corrected chi connectivity index (χ1v) is 2.72. The molecule has 0 aliphatic heterocycles. The number of carbonyl (C=O) groups is 1. The maximum atomic E-state index is 10.0. The van der Waals surface area contributed by atoms with Crippen LogP contribution in [0, 0.1) is 0 Å². The predicted octanol–water partition coefficient (Wildman–Crippen LogP) is -0.0877. The number of hydrogen-bond acceptors (Lipinski definition) is 3. The molecule has 0 amide bonds. The van der Waals surface area contributed by atoms with Crippen molar-refractivity contribution in [1.82, 2.24) is 0 Å². The van der Waals surface area contributed by atoms with Gasteiger partial charge in [0.15, 0.2) is 5.05 Å². The van der Waals surface area contributed by atoms with Gasteiger partial charge in [0.1, 0.15) is 11.3 Å². The molecule has 0 aliphatic carbocycles. The van der Waals surface area contributed by atoms with Crippen LogP contribution in [0.15, 0.2) is 0 Å². The molecule has 4 heteroatoms. The molecule has 0 saturated carbocycles. The molecule has 46 valence electrons. The number of rotatable bonds is 0. The van der Waals surface area contributed by atoms with Gasteiger partial charge in [-0.05, 0) is 0 Å². The van der Waals surface area contributed by atoms with Gasteiger partial charge in [-0.2, -0.15) is 0 Å². The van der Waals surface area contributed by atoms with Gasteiger partial charge in [-0.15, -0.1) is 0 Å². The molecule has 8 heavy (non-hydrogen) atoms. The Labute approximate surface area is 50.7 Å². The third-order valence-electron chi connectivity index (χ3n) is 0.405. The lowest BCUT2D eigenvalue weighted by Crippen LogP contribution is -2.03. The lowest BCUT2D eigenvalue weighted by Gasteiger charge is -1.91. The fourth-order valence-electron chi connectivity index (χ4n) is 0.219. The van der Waals surface area contributed by atoms with Crippen molar-refractivity contribution in [2.75, 3.05) is 0 Å². The second kappa shape index (κ2) is 3.37. The molecule has 0 aromatic rings. The minimum absolute atomic E-state index is 0.137. The van der Waals surface area contributed by atoms with Gasteiger partial charge in [0.05, 0.1) is 0 Å². The molecule has 0 spiro atoms. The Morgan fingerprint density at radius 3 is 2.12 bits per heavy atom. The molecule has 3 nitrogen and oxygen atoms in total. The summed E-state index contributed by atoms with van der Waals surface area (Å²) in [7, 11) is 0. The highest BCUT2D eigenvalue weighted by Crippen LogP contribution is 1.75. The van der Waals surface area contributed by atoms with Crippen molar-refractivity contribution in [2.45, 2.75) is 13.8 Å². The average molecular weight is 134 g/mol. The number of esters is 1. The molecule has 0 aromatic heterocycles. The normalized spacial score (nSPS) is 7.75. The first kappa shape index (κ1) is 7.36. The van der Waals surface area contributed by atoms with Gasteiger partial charge in [-0.25, -0.2) is 4.21 Å². The predicted molar refractivity (Wildman–Crippen MR) is 30.6 cm³/mol. The van der Waals surface area contributed by atoms with Gasteiger partial charge in [0.2, 0.25) is 0 Å². The lowest BCUT2D eigenvalue weighted by atomic mass is 10.8. The summed E-state index contributed by atoms with van der Waals surface area (Å²) in [6, 6.07) is 0. The van der Waals surface area contributed by atoms with E-state index in [0.717, 1.165) is 0 Å². The topological polar surface area (TPSA) is 43.4 Å². The van der Waals surface area contributed by atoms with Crippen LogP contribution in [0.4, 0.5) is 0 Å². The molecule has 0 radical (unpaired) electrons. The molecule has 0 rings (SSSR count). The van der Waals surface area contributed by atoms with Crippen LogP contribution in [0.3, 0.4) is 0 Å². The Morgan fingerprint density at radius 2 is 2.00 bits per heavy atom. The van der Waals surface area contributed by atoms with E-state index in [2.05, 4.69) is 4.74 Å². The third-order valence-corrected chi connectivity index (χ3v) is 0.723. The van der Waals surface area contributed by atoms with E-state index in [4.69, 9.17) is 0 Å². The second-order valence-electron chi connectivity index (χ2n) is 1.17. The minimum Gasteiger partial charge on any atom is -0.417 e. The Morgan fingerprint density at radius 1 is 1.50 bits per heavy atom. The van der Waals surface area contributed by atoms with E-state index in [0.29, 0.717) is 0 Å². The van der Waals surface area contributed by atoms with Gasteiger partial charge < -0.3 is 4.74 Å². The largest absolute Gasteiger partial charge is 0.417 e. The van der Waals surface area contributed by atoms with Crippen molar-refractivity contribution < 1.29 is 13.7 Å². The molecule has 0 heterocycles. The van der Waals surface area contributed by atoms with Crippen molar-refractivity contribution in [3.8, 4) is 0 Å². The van der Waals surface area contributed by atoms with Crippen LogP contribution in [-0.4, -0.2) is 15.2 Å². The Bertz CT molecular complexity index is 145. The Balaban J connectivity index is 3.74. The zero-order chi connectivity index (χ0) is 6.57. The standard InChI is InChI=1S/C4H6O3S/c1-3(5)7-4(2)8-6/h1-2H3. The molecule has 0 fully saturated rings. The third kappa shape index (κ3) is 3.55. The fraction of sp³-hybridized carbons (Fsp3) is 0.500. The average Bonchev–Trinajstić information content (AvgIpc) is 1.65. The van der Waals surface area contributed by atoms with Crippen LogP contribution in [0.1, 0.15) is 13.8 Å². The Hall–Kier alpha value is -0.640. The first-order chi connectivity index (χ1) is 3.66. The summed E-state index contributed by atoms with van der Waals surface area (Å²) in [5.41, 5.74) is 0. The molecule has 0 aromatic carbocycles. The van der Waals surface area contributed by atoms with E-state index in [1.165, 1.54) is 13.8 Å². The van der Waals surface area contributed by atoms with Crippen molar-refractivity contribution in [3.05, 3.63) is 0 Å². The Kier molecular flexibility index (Phi) is 3.10.